The summed E-state index contributed by atoms with van der Waals surface area (Å²) < 4.78 is 5.64. The molecule has 0 radical (unpaired) electrons. The van der Waals surface area contributed by atoms with Gasteiger partial charge in [-0.15, -0.1) is 11.3 Å². The molecule has 60 valence electrons. The first-order valence-corrected chi connectivity index (χ1v) is 4.14. The molecule has 0 aromatic carbocycles. The lowest BCUT2D eigenvalue weighted by molar-refractivity contribution is 0.350. The molecule has 0 amide bonds. The molecule has 0 fully saturated rings. The van der Waals surface area contributed by atoms with Crippen LogP contribution in [0.5, 0.6) is 5.06 Å². The molecule has 2 N–H and O–H groups in total. The minimum Gasteiger partial charge on any atom is -0.484 e. The van der Waals surface area contributed by atoms with E-state index in [9.17, 15) is 0 Å². The summed E-state index contributed by atoms with van der Waals surface area (Å²) in [4.78, 5) is 0. The van der Waals surface area contributed by atoms with Gasteiger partial charge in [0.25, 0.3) is 0 Å². The van der Waals surface area contributed by atoms with E-state index in [4.69, 9.17) is 14.8 Å². The molecule has 0 unspecified atom stereocenters. The van der Waals surface area contributed by atoms with Crippen LogP contribution in [0.4, 0.5) is 0 Å². The first kappa shape index (κ1) is 8.58. The van der Waals surface area contributed by atoms with Gasteiger partial charge in [0.05, 0.1) is 6.61 Å². The molecule has 1 aromatic heterocycles. The molecular weight excluding hydrogens is 163 g/mol. The summed E-state index contributed by atoms with van der Waals surface area (Å²) in [5.41, 5.74) is 0. The monoisotopic (exact) mass is 172 g/mol. The molecule has 3 nitrogen and oxygen atoms in total. The van der Waals surface area contributed by atoms with Gasteiger partial charge in [-0.25, -0.2) is 0 Å². The second kappa shape index (κ2) is 3.76. The summed E-state index contributed by atoms with van der Waals surface area (Å²) in [5.74, 6) is 0. The lowest BCUT2D eigenvalue weighted by Gasteiger charge is -1.95. The van der Waals surface area contributed by atoms with E-state index in [1.807, 2.05) is 6.92 Å². The lowest BCUT2D eigenvalue weighted by atomic mass is 9.90. The second-order valence-electron chi connectivity index (χ2n) is 1.96. The van der Waals surface area contributed by atoms with Crippen LogP contribution in [0.25, 0.3) is 0 Å². The van der Waals surface area contributed by atoms with Gasteiger partial charge in [-0.05, 0) is 19.1 Å². The van der Waals surface area contributed by atoms with Gasteiger partial charge in [-0.3, -0.25) is 0 Å². The maximum Gasteiger partial charge on any atom is 0.499 e. The third-order valence-electron chi connectivity index (χ3n) is 1.14. The van der Waals surface area contributed by atoms with E-state index in [1.54, 1.807) is 12.1 Å². The fraction of sp³-hybridized carbons (Fsp3) is 0.333. The molecule has 1 rings (SSSR count). The van der Waals surface area contributed by atoms with Crippen LogP contribution in [0.15, 0.2) is 12.1 Å². The molecule has 0 atom stereocenters. The van der Waals surface area contributed by atoms with Crippen LogP contribution in [0.2, 0.25) is 0 Å². The molecule has 0 spiro atoms. The normalized spacial score (nSPS) is 9.73. The van der Waals surface area contributed by atoms with Crippen molar-refractivity contribution < 1.29 is 14.8 Å². The third-order valence-corrected chi connectivity index (χ3v) is 2.18. The van der Waals surface area contributed by atoms with Crippen LogP contribution in [-0.4, -0.2) is 23.8 Å². The first-order chi connectivity index (χ1) is 5.24. The van der Waals surface area contributed by atoms with E-state index >= 15 is 0 Å². The van der Waals surface area contributed by atoms with Gasteiger partial charge in [-0.1, -0.05) is 0 Å². The Labute approximate surface area is 69.4 Å². The predicted octanol–water partition coefficient (Wildman–Crippen LogP) is -0.173. The molecule has 0 saturated heterocycles. The van der Waals surface area contributed by atoms with Crippen molar-refractivity contribution in [2.45, 2.75) is 6.92 Å². The molecule has 0 aliphatic rings. The maximum atomic E-state index is 8.72. The Morgan fingerprint density at radius 2 is 2.27 bits per heavy atom. The van der Waals surface area contributed by atoms with E-state index in [1.165, 1.54) is 11.3 Å². The zero-order valence-corrected chi connectivity index (χ0v) is 6.97. The quantitative estimate of drug-likeness (QED) is 0.622. The van der Waals surface area contributed by atoms with Crippen LogP contribution in [-0.2, 0) is 0 Å². The smallest absolute Gasteiger partial charge is 0.484 e. The van der Waals surface area contributed by atoms with Crippen molar-refractivity contribution in [2.24, 2.45) is 0 Å². The first-order valence-electron chi connectivity index (χ1n) is 3.32. The summed E-state index contributed by atoms with van der Waals surface area (Å²) in [7, 11) is -1.38. The second-order valence-corrected chi connectivity index (χ2v) is 3.04. The van der Waals surface area contributed by atoms with Crippen LogP contribution in [0.3, 0.4) is 0 Å². The summed E-state index contributed by atoms with van der Waals surface area (Å²) in [5, 5.41) is 18.1. The zero-order chi connectivity index (χ0) is 8.27. The Hall–Kier alpha value is -0.515. The van der Waals surface area contributed by atoms with Crippen molar-refractivity contribution in [3.63, 3.8) is 0 Å². The molecule has 5 heteroatoms. The van der Waals surface area contributed by atoms with Crippen molar-refractivity contribution >= 4 is 23.2 Å². The van der Waals surface area contributed by atoms with Gasteiger partial charge in [0.1, 0.15) is 0 Å². The highest BCUT2D eigenvalue weighted by Gasteiger charge is 2.13. The highest BCUT2D eigenvalue weighted by molar-refractivity contribution is 7.23. The Balaban J connectivity index is 2.66. The zero-order valence-electron chi connectivity index (χ0n) is 6.15. The number of hydrogen-bond acceptors (Lipinski definition) is 4. The van der Waals surface area contributed by atoms with Crippen molar-refractivity contribution in [1.29, 1.82) is 0 Å². The lowest BCUT2D eigenvalue weighted by Crippen LogP contribution is -2.26. The predicted molar refractivity (Wildman–Crippen MR) is 45.3 cm³/mol. The standard InChI is InChI=1S/C6H9BO3S/c1-2-10-6-4-3-5(11-6)7(8)9/h3-4,8-9H,2H2,1H3. The minimum absolute atomic E-state index is 0.508. The number of ether oxygens (including phenoxy) is 1. The average Bonchev–Trinajstić information content (AvgIpc) is 2.37. The van der Waals surface area contributed by atoms with Crippen LogP contribution in [0.1, 0.15) is 6.92 Å². The molecule has 0 aliphatic carbocycles. The van der Waals surface area contributed by atoms with Crippen molar-refractivity contribution in [3.05, 3.63) is 12.1 Å². The Bertz CT molecular complexity index is 223. The molecule has 1 heterocycles. The molecule has 11 heavy (non-hydrogen) atoms. The Morgan fingerprint density at radius 1 is 1.55 bits per heavy atom. The van der Waals surface area contributed by atoms with E-state index in [0.717, 1.165) is 5.06 Å². The van der Waals surface area contributed by atoms with Gasteiger partial charge in [0, 0.05) is 4.78 Å². The summed E-state index contributed by atoms with van der Waals surface area (Å²) >= 11 is 1.24. The van der Waals surface area contributed by atoms with Crippen LogP contribution >= 0.6 is 11.3 Å². The average molecular weight is 172 g/mol. The fourth-order valence-electron chi connectivity index (χ4n) is 0.693. The topological polar surface area (TPSA) is 49.7 Å². The third kappa shape index (κ3) is 2.22. The Kier molecular flexibility index (Phi) is 2.93. The van der Waals surface area contributed by atoms with Crippen molar-refractivity contribution in [2.75, 3.05) is 6.61 Å². The highest BCUT2D eigenvalue weighted by atomic mass is 32.1. The summed E-state index contributed by atoms with van der Waals surface area (Å²) in [6.07, 6.45) is 0. The van der Waals surface area contributed by atoms with Gasteiger partial charge < -0.3 is 14.8 Å². The minimum atomic E-state index is -1.38. The van der Waals surface area contributed by atoms with E-state index in [-0.39, 0.29) is 0 Å². The van der Waals surface area contributed by atoms with Crippen molar-refractivity contribution in [3.8, 4) is 5.06 Å². The van der Waals surface area contributed by atoms with Gasteiger partial charge >= 0.3 is 7.12 Å². The Morgan fingerprint density at radius 3 is 2.73 bits per heavy atom. The maximum absolute atomic E-state index is 8.72. The molecule has 0 bridgehead atoms. The van der Waals surface area contributed by atoms with Crippen LogP contribution in [0, 0.1) is 0 Å². The van der Waals surface area contributed by atoms with Gasteiger partial charge in [0.15, 0.2) is 5.06 Å². The number of thiophene rings is 1. The van der Waals surface area contributed by atoms with Crippen LogP contribution < -0.4 is 9.51 Å². The summed E-state index contributed by atoms with van der Waals surface area (Å²) in [6, 6.07) is 3.36. The molecular formula is C6H9BO3S. The fourth-order valence-corrected chi connectivity index (χ4v) is 1.48. The van der Waals surface area contributed by atoms with Crippen molar-refractivity contribution in [1.82, 2.24) is 0 Å². The molecule has 1 aromatic rings. The van der Waals surface area contributed by atoms with E-state index in [2.05, 4.69) is 0 Å². The van der Waals surface area contributed by atoms with Gasteiger partial charge in [0.2, 0.25) is 0 Å². The van der Waals surface area contributed by atoms with E-state index in [0.29, 0.717) is 11.4 Å². The molecule has 0 aliphatic heterocycles. The summed E-state index contributed by atoms with van der Waals surface area (Å²) in [6.45, 7) is 2.48. The SMILES string of the molecule is CCOc1ccc(B(O)O)s1. The van der Waals surface area contributed by atoms with Gasteiger partial charge in [-0.2, -0.15) is 0 Å². The number of hydrogen-bond donors (Lipinski definition) is 2. The molecule has 0 saturated carbocycles. The largest absolute Gasteiger partial charge is 0.499 e. The highest BCUT2D eigenvalue weighted by Crippen LogP contribution is 2.16. The number of rotatable bonds is 3. The van der Waals surface area contributed by atoms with E-state index < -0.39 is 7.12 Å².